The topological polar surface area (TPSA) is 90.5 Å². The van der Waals surface area contributed by atoms with Crippen LogP contribution >= 0.6 is 0 Å². The number of carboxylic acids is 1. The van der Waals surface area contributed by atoms with Crippen molar-refractivity contribution in [3.63, 3.8) is 0 Å². The third kappa shape index (κ3) is 3.32. The summed E-state index contributed by atoms with van der Waals surface area (Å²) in [5.74, 6) is -1.20. The summed E-state index contributed by atoms with van der Waals surface area (Å²) in [6.07, 6.45) is 5.64. The van der Waals surface area contributed by atoms with Gasteiger partial charge < -0.3 is 15.0 Å². The number of aromatic amines is 1. The van der Waals surface area contributed by atoms with Crippen molar-refractivity contribution in [2.75, 3.05) is 7.05 Å². The van der Waals surface area contributed by atoms with E-state index in [-0.39, 0.29) is 23.5 Å². The molecular weight excluding hydrogens is 272 g/mol. The molecule has 1 saturated carbocycles. The Labute approximate surface area is 122 Å². The normalized spacial score (nSPS) is 17.2. The van der Waals surface area contributed by atoms with E-state index in [1.165, 1.54) is 23.2 Å². The van der Waals surface area contributed by atoms with Crippen molar-refractivity contribution >= 4 is 11.9 Å². The molecule has 1 amide bonds. The number of nitrogens with one attached hydrogen (secondary N) is 1. The van der Waals surface area contributed by atoms with Gasteiger partial charge in [0.25, 0.3) is 5.91 Å². The molecular formula is C15H20N2O4. The Hall–Kier alpha value is -2.11. The van der Waals surface area contributed by atoms with Gasteiger partial charge in [0.05, 0.1) is 12.0 Å². The van der Waals surface area contributed by atoms with Gasteiger partial charge in [0.1, 0.15) is 0 Å². The molecule has 1 aliphatic carbocycles. The zero-order chi connectivity index (χ0) is 15.5. The maximum absolute atomic E-state index is 12.6. The van der Waals surface area contributed by atoms with Gasteiger partial charge in [-0.1, -0.05) is 19.3 Å². The molecule has 0 aromatic carbocycles. The summed E-state index contributed by atoms with van der Waals surface area (Å²) in [7, 11) is 1.64. The van der Waals surface area contributed by atoms with E-state index in [2.05, 4.69) is 4.98 Å². The first kappa shape index (κ1) is 15.3. The molecule has 6 heteroatoms. The van der Waals surface area contributed by atoms with Crippen LogP contribution in [0.2, 0.25) is 0 Å². The van der Waals surface area contributed by atoms with Crippen LogP contribution in [-0.2, 0) is 4.79 Å². The van der Waals surface area contributed by atoms with Gasteiger partial charge in [-0.3, -0.25) is 14.4 Å². The minimum absolute atomic E-state index is 0.0571. The number of carbonyl (C=O) groups is 2. The maximum Gasteiger partial charge on any atom is 0.305 e. The van der Waals surface area contributed by atoms with Gasteiger partial charge in [-0.2, -0.15) is 0 Å². The van der Waals surface area contributed by atoms with E-state index < -0.39 is 11.5 Å². The number of hydrogen-bond donors (Lipinski definition) is 2. The molecule has 1 aromatic rings. The number of amides is 1. The Balaban J connectivity index is 2.29. The molecule has 0 aliphatic heterocycles. The predicted octanol–water partition coefficient (Wildman–Crippen LogP) is 1.62. The smallest absolute Gasteiger partial charge is 0.305 e. The molecule has 0 bridgehead atoms. The highest BCUT2D eigenvalue weighted by Crippen LogP contribution is 2.36. The van der Waals surface area contributed by atoms with Crippen LogP contribution in [0.25, 0.3) is 0 Å². The van der Waals surface area contributed by atoms with E-state index in [9.17, 15) is 19.5 Å². The number of carbonyl (C=O) groups excluding carboxylic acids is 1. The second-order valence-corrected chi connectivity index (χ2v) is 5.66. The van der Waals surface area contributed by atoms with Crippen molar-refractivity contribution in [1.29, 1.82) is 0 Å². The first-order valence-corrected chi connectivity index (χ1v) is 7.13. The number of rotatable bonds is 4. The lowest BCUT2D eigenvalue weighted by Crippen LogP contribution is -2.52. The third-order valence-electron chi connectivity index (χ3n) is 4.30. The number of aromatic nitrogens is 1. The van der Waals surface area contributed by atoms with E-state index in [4.69, 9.17) is 0 Å². The fourth-order valence-electron chi connectivity index (χ4n) is 3.11. The van der Waals surface area contributed by atoms with E-state index in [1.807, 2.05) is 0 Å². The highest BCUT2D eigenvalue weighted by Gasteiger charge is 2.40. The van der Waals surface area contributed by atoms with Crippen LogP contribution in [-0.4, -0.2) is 39.5 Å². The fourth-order valence-corrected chi connectivity index (χ4v) is 3.11. The lowest BCUT2D eigenvalue weighted by atomic mass is 9.78. The molecule has 0 saturated heterocycles. The second-order valence-electron chi connectivity index (χ2n) is 5.66. The van der Waals surface area contributed by atoms with Crippen LogP contribution in [0.1, 0.15) is 48.9 Å². The number of pyridine rings is 1. The lowest BCUT2D eigenvalue weighted by molar-refractivity contribution is -0.140. The molecule has 0 unspecified atom stereocenters. The summed E-state index contributed by atoms with van der Waals surface area (Å²) in [5, 5.41) is 9.18. The quantitative estimate of drug-likeness (QED) is 0.882. The summed E-state index contributed by atoms with van der Waals surface area (Å²) in [6.45, 7) is 0. The van der Waals surface area contributed by atoms with Crippen LogP contribution in [0.3, 0.4) is 0 Å². The Kier molecular flexibility index (Phi) is 4.45. The molecule has 1 aromatic heterocycles. The molecule has 2 N–H and O–H groups in total. The molecule has 114 valence electrons. The molecule has 2 rings (SSSR count). The molecule has 0 radical (unpaired) electrons. The minimum atomic E-state index is -0.901. The Morgan fingerprint density at radius 3 is 2.57 bits per heavy atom. The zero-order valence-corrected chi connectivity index (χ0v) is 12.1. The van der Waals surface area contributed by atoms with Crippen molar-refractivity contribution < 1.29 is 14.7 Å². The van der Waals surface area contributed by atoms with E-state index in [0.717, 1.165) is 19.3 Å². The van der Waals surface area contributed by atoms with Crippen molar-refractivity contribution in [3.8, 4) is 0 Å². The van der Waals surface area contributed by atoms with Crippen LogP contribution in [0.15, 0.2) is 23.1 Å². The highest BCUT2D eigenvalue weighted by atomic mass is 16.4. The molecule has 6 nitrogen and oxygen atoms in total. The Bertz CT molecular complexity index is 587. The fraction of sp³-hybridized carbons (Fsp3) is 0.533. The van der Waals surface area contributed by atoms with Gasteiger partial charge in [0.2, 0.25) is 5.56 Å². The van der Waals surface area contributed by atoms with Crippen LogP contribution in [0.4, 0.5) is 0 Å². The second kappa shape index (κ2) is 6.11. The summed E-state index contributed by atoms with van der Waals surface area (Å²) >= 11 is 0. The van der Waals surface area contributed by atoms with E-state index in [1.54, 1.807) is 7.05 Å². The molecule has 21 heavy (non-hydrogen) atoms. The SMILES string of the molecule is CN(C(=O)c1cc[nH]c(=O)c1)C1(CC(=O)O)CCCCC1. The summed E-state index contributed by atoms with van der Waals surface area (Å²) < 4.78 is 0. The van der Waals surface area contributed by atoms with Crippen molar-refractivity contribution in [2.45, 2.75) is 44.1 Å². The van der Waals surface area contributed by atoms with Crippen LogP contribution in [0.5, 0.6) is 0 Å². The van der Waals surface area contributed by atoms with Crippen molar-refractivity contribution in [3.05, 3.63) is 34.2 Å². The summed E-state index contributed by atoms with van der Waals surface area (Å²) in [4.78, 5) is 39.1. The van der Waals surface area contributed by atoms with Gasteiger partial charge >= 0.3 is 5.97 Å². The third-order valence-corrected chi connectivity index (χ3v) is 4.30. The largest absolute Gasteiger partial charge is 0.481 e. The van der Waals surface area contributed by atoms with Crippen molar-refractivity contribution in [1.82, 2.24) is 9.88 Å². The highest BCUT2D eigenvalue weighted by molar-refractivity contribution is 5.94. The zero-order valence-electron chi connectivity index (χ0n) is 12.1. The standard InChI is InChI=1S/C15H20N2O4/c1-17(14(21)11-5-8-16-12(18)9-11)15(10-13(19)20)6-3-2-4-7-15/h5,8-9H,2-4,6-7,10H2,1H3,(H,16,18)(H,19,20). The summed E-state index contributed by atoms with van der Waals surface area (Å²) in [6, 6.07) is 2.79. The first-order valence-electron chi connectivity index (χ1n) is 7.13. The lowest BCUT2D eigenvalue weighted by Gasteiger charge is -2.43. The van der Waals surface area contributed by atoms with Crippen LogP contribution < -0.4 is 5.56 Å². The Morgan fingerprint density at radius 1 is 1.33 bits per heavy atom. The van der Waals surface area contributed by atoms with E-state index in [0.29, 0.717) is 12.8 Å². The van der Waals surface area contributed by atoms with Crippen LogP contribution in [0, 0.1) is 0 Å². The van der Waals surface area contributed by atoms with E-state index >= 15 is 0 Å². The maximum atomic E-state index is 12.6. The van der Waals surface area contributed by atoms with Crippen molar-refractivity contribution in [2.24, 2.45) is 0 Å². The number of hydrogen-bond acceptors (Lipinski definition) is 3. The molecule has 1 aliphatic rings. The van der Waals surface area contributed by atoms with Gasteiger partial charge in [-0.15, -0.1) is 0 Å². The minimum Gasteiger partial charge on any atom is -0.481 e. The van der Waals surface area contributed by atoms with Gasteiger partial charge in [-0.25, -0.2) is 0 Å². The predicted molar refractivity (Wildman–Crippen MR) is 77.2 cm³/mol. The molecule has 0 atom stereocenters. The average Bonchev–Trinajstić information content (AvgIpc) is 2.46. The monoisotopic (exact) mass is 292 g/mol. The Morgan fingerprint density at radius 2 is 2.00 bits per heavy atom. The number of H-pyrrole nitrogens is 1. The van der Waals surface area contributed by atoms with Gasteiger partial charge in [-0.05, 0) is 18.9 Å². The van der Waals surface area contributed by atoms with Gasteiger partial charge in [0, 0.05) is 24.9 Å². The molecule has 1 heterocycles. The number of carboxylic acid groups (broad SMARTS) is 1. The first-order chi connectivity index (χ1) is 9.94. The number of aliphatic carboxylic acids is 1. The molecule has 0 spiro atoms. The summed E-state index contributed by atoms with van der Waals surface area (Å²) in [5.41, 5.74) is -0.703. The average molecular weight is 292 g/mol. The number of nitrogens with zero attached hydrogens (tertiary/aromatic N) is 1. The van der Waals surface area contributed by atoms with Gasteiger partial charge in [0.15, 0.2) is 0 Å². The molecule has 1 fully saturated rings.